The molecule has 0 spiro atoms. The fourth-order valence-electron chi connectivity index (χ4n) is 1.41. The van der Waals surface area contributed by atoms with Gasteiger partial charge in [-0.25, -0.2) is 0 Å². The van der Waals surface area contributed by atoms with Gasteiger partial charge in [-0.2, -0.15) is 8.42 Å². The smallest absolute Gasteiger partial charge is 0.295 e. The zero-order chi connectivity index (χ0) is 14.9. The van der Waals surface area contributed by atoms with Gasteiger partial charge in [-0.15, -0.1) is 0 Å². The van der Waals surface area contributed by atoms with Gasteiger partial charge in [0.2, 0.25) is 5.09 Å². The van der Waals surface area contributed by atoms with Crippen molar-refractivity contribution in [3.63, 3.8) is 0 Å². The maximum absolute atomic E-state index is 12.1. The molecule has 9 heteroatoms. The molecule has 1 aromatic heterocycles. The second-order valence-corrected chi connectivity index (χ2v) is 7.07. The van der Waals surface area contributed by atoms with Crippen molar-refractivity contribution in [3.05, 3.63) is 44.5 Å². The second kappa shape index (κ2) is 5.95. The molecule has 0 saturated heterocycles. The average molecular weight is 401 g/mol. The van der Waals surface area contributed by atoms with Crippen molar-refractivity contribution in [1.82, 2.24) is 0 Å². The summed E-state index contributed by atoms with van der Waals surface area (Å²) in [7, 11) is -3.97. The van der Waals surface area contributed by atoms with Crippen molar-refractivity contribution >= 4 is 54.8 Å². The maximum Gasteiger partial charge on any atom is 0.295 e. The SMILES string of the molecule is O=S(=O)(Nc1c(Cl)cc(Br)cc1Cl)c1ccc(CO)o1. The fraction of sp³-hybridized carbons (Fsp3) is 0.0909. The Bertz CT molecular complexity index is 722. The lowest BCUT2D eigenvalue weighted by Crippen LogP contribution is -2.12. The fourth-order valence-corrected chi connectivity index (χ4v) is 3.88. The molecule has 0 saturated carbocycles. The highest BCUT2D eigenvalue weighted by molar-refractivity contribution is 9.10. The third kappa shape index (κ3) is 3.29. The Kier molecular flexibility index (Phi) is 4.66. The number of rotatable bonds is 4. The quantitative estimate of drug-likeness (QED) is 0.820. The average Bonchev–Trinajstić information content (AvgIpc) is 2.83. The summed E-state index contributed by atoms with van der Waals surface area (Å²) in [5.74, 6) is 0.137. The van der Waals surface area contributed by atoms with Crippen LogP contribution in [0.15, 0.2) is 38.2 Å². The van der Waals surface area contributed by atoms with Crippen molar-refractivity contribution in [2.24, 2.45) is 0 Å². The van der Waals surface area contributed by atoms with Gasteiger partial charge in [-0.05, 0) is 24.3 Å². The van der Waals surface area contributed by atoms with Gasteiger partial charge in [-0.1, -0.05) is 39.1 Å². The van der Waals surface area contributed by atoms with E-state index in [4.69, 9.17) is 32.7 Å². The van der Waals surface area contributed by atoms with E-state index in [1.807, 2.05) is 0 Å². The van der Waals surface area contributed by atoms with Crippen LogP contribution in [0.4, 0.5) is 5.69 Å². The number of benzene rings is 1. The van der Waals surface area contributed by atoms with Crippen LogP contribution in [0.25, 0.3) is 0 Å². The molecule has 0 atom stereocenters. The van der Waals surface area contributed by atoms with Crippen molar-refractivity contribution < 1.29 is 17.9 Å². The largest absolute Gasteiger partial charge is 0.445 e. The first-order valence-electron chi connectivity index (χ1n) is 5.20. The zero-order valence-corrected chi connectivity index (χ0v) is 13.6. The topological polar surface area (TPSA) is 79.5 Å². The first-order chi connectivity index (χ1) is 9.33. The Morgan fingerprint density at radius 3 is 2.35 bits per heavy atom. The third-order valence-corrected chi connectivity index (χ3v) is 4.58. The molecule has 2 rings (SSSR count). The van der Waals surface area contributed by atoms with Crippen molar-refractivity contribution in [3.8, 4) is 0 Å². The minimum Gasteiger partial charge on any atom is -0.445 e. The van der Waals surface area contributed by atoms with Gasteiger partial charge in [0.15, 0.2) is 0 Å². The van der Waals surface area contributed by atoms with E-state index in [1.54, 1.807) is 0 Å². The first-order valence-corrected chi connectivity index (χ1v) is 8.23. The van der Waals surface area contributed by atoms with Gasteiger partial charge in [0.05, 0.1) is 15.7 Å². The summed E-state index contributed by atoms with van der Waals surface area (Å²) in [6, 6.07) is 5.60. The van der Waals surface area contributed by atoms with E-state index in [0.717, 1.165) is 0 Å². The van der Waals surface area contributed by atoms with E-state index in [-0.39, 0.29) is 26.6 Å². The standard InChI is InChI=1S/C11H8BrCl2NO4S/c12-6-3-8(13)11(9(14)4-6)15-20(17,18)10-2-1-7(5-16)19-10/h1-4,15-16H,5H2. The molecule has 0 aliphatic rings. The van der Waals surface area contributed by atoms with Crippen LogP contribution < -0.4 is 4.72 Å². The van der Waals surface area contributed by atoms with E-state index >= 15 is 0 Å². The summed E-state index contributed by atoms with van der Waals surface area (Å²) in [4.78, 5) is 0. The molecule has 1 aromatic carbocycles. The first kappa shape index (κ1) is 15.7. The van der Waals surface area contributed by atoms with Gasteiger partial charge < -0.3 is 9.52 Å². The number of hydrogen-bond donors (Lipinski definition) is 2. The molecule has 0 unspecified atom stereocenters. The van der Waals surface area contributed by atoms with E-state index in [2.05, 4.69) is 20.7 Å². The second-order valence-electron chi connectivity index (χ2n) is 3.73. The minimum atomic E-state index is -3.97. The third-order valence-electron chi connectivity index (χ3n) is 2.30. The number of hydrogen-bond acceptors (Lipinski definition) is 4. The molecular weight excluding hydrogens is 393 g/mol. The Hall–Kier alpha value is -0.730. The normalized spacial score (nSPS) is 11.6. The summed E-state index contributed by atoms with van der Waals surface area (Å²) in [6.07, 6.45) is 0. The summed E-state index contributed by atoms with van der Waals surface area (Å²) in [5, 5.41) is 8.81. The van der Waals surface area contributed by atoms with E-state index in [1.165, 1.54) is 24.3 Å². The van der Waals surface area contributed by atoms with Crippen LogP contribution in [-0.4, -0.2) is 13.5 Å². The van der Waals surface area contributed by atoms with E-state index < -0.39 is 16.6 Å². The number of halogens is 3. The molecule has 0 radical (unpaired) electrons. The molecule has 2 aromatic rings. The Morgan fingerprint density at radius 1 is 1.25 bits per heavy atom. The van der Waals surface area contributed by atoms with Crippen LogP contribution in [0.1, 0.15) is 5.76 Å². The van der Waals surface area contributed by atoms with Crippen molar-refractivity contribution in [2.45, 2.75) is 11.7 Å². The zero-order valence-electron chi connectivity index (χ0n) is 9.73. The van der Waals surface area contributed by atoms with Gasteiger partial charge >= 0.3 is 0 Å². The highest BCUT2D eigenvalue weighted by Crippen LogP contribution is 2.35. The van der Waals surface area contributed by atoms with Crippen LogP contribution in [0.5, 0.6) is 0 Å². The number of anilines is 1. The molecule has 20 heavy (non-hydrogen) atoms. The summed E-state index contributed by atoms with van der Waals surface area (Å²) in [5.41, 5.74) is 0.0541. The van der Waals surface area contributed by atoms with E-state index in [9.17, 15) is 8.42 Å². The summed E-state index contributed by atoms with van der Waals surface area (Å²) >= 11 is 15.1. The molecule has 5 nitrogen and oxygen atoms in total. The number of aliphatic hydroxyl groups excluding tert-OH is 1. The highest BCUT2D eigenvalue weighted by Gasteiger charge is 2.21. The van der Waals surface area contributed by atoms with Crippen molar-refractivity contribution in [1.29, 1.82) is 0 Å². The van der Waals surface area contributed by atoms with Crippen LogP contribution in [-0.2, 0) is 16.6 Å². The molecular formula is C11H8BrCl2NO4S. The molecule has 0 bridgehead atoms. The van der Waals surface area contributed by atoms with Crippen LogP contribution in [0.3, 0.4) is 0 Å². The molecule has 0 amide bonds. The van der Waals surface area contributed by atoms with Gasteiger partial charge in [-0.3, -0.25) is 4.72 Å². The minimum absolute atomic E-state index is 0.0541. The van der Waals surface area contributed by atoms with Crippen LogP contribution in [0.2, 0.25) is 10.0 Å². The molecule has 0 aliphatic heterocycles. The molecule has 2 N–H and O–H groups in total. The number of furan rings is 1. The van der Waals surface area contributed by atoms with Crippen LogP contribution in [0, 0.1) is 0 Å². The van der Waals surface area contributed by atoms with Gasteiger partial charge in [0, 0.05) is 4.47 Å². The molecule has 0 aliphatic carbocycles. The summed E-state index contributed by atoms with van der Waals surface area (Å²) < 4.78 is 32.1. The lowest BCUT2D eigenvalue weighted by molar-refractivity contribution is 0.236. The molecule has 1 heterocycles. The summed E-state index contributed by atoms with van der Waals surface area (Å²) in [6.45, 7) is -0.394. The monoisotopic (exact) mass is 399 g/mol. The predicted octanol–water partition coefficient (Wildman–Crippen LogP) is 3.64. The lowest BCUT2D eigenvalue weighted by Gasteiger charge is -2.10. The number of sulfonamides is 1. The Morgan fingerprint density at radius 2 is 1.85 bits per heavy atom. The maximum atomic E-state index is 12.1. The Labute approximate surface area is 133 Å². The van der Waals surface area contributed by atoms with Crippen LogP contribution >= 0.6 is 39.1 Å². The van der Waals surface area contributed by atoms with E-state index in [0.29, 0.717) is 4.47 Å². The van der Waals surface area contributed by atoms with Crippen molar-refractivity contribution in [2.75, 3.05) is 4.72 Å². The molecule has 0 fully saturated rings. The molecule has 108 valence electrons. The number of nitrogens with one attached hydrogen (secondary N) is 1. The van der Waals surface area contributed by atoms with Gasteiger partial charge in [0.1, 0.15) is 12.4 Å². The predicted molar refractivity (Wildman–Crippen MR) is 79.6 cm³/mol. The van der Waals surface area contributed by atoms with Gasteiger partial charge in [0.25, 0.3) is 10.0 Å². The lowest BCUT2D eigenvalue weighted by atomic mass is 10.3. The highest BCUT2D eigenvalue weighted by atomic mass is 79.9. The Balaban J connectivity index is 2.38. The number of aliphatic hydroxyl groups is 1.